The standard InChI is InChI=1S/C18H22BrNO/c19-18-9-14-6-15(10-18)8-17(7-14,12-18)16(21)20-11-13-4-2-1-3-5-13/h1-5,14-15H,6-12H2,(H,20,21)/t14-,15+,17?,18?. The van der Waals surface area contributed by atoms with Gasteiger partial charge in [-0.05, 0) is 55.9 Å². The lowest BCUT2D eigenvalue weighted by molar-refractivity contribution is -0.144. The second-order valence-corrected chi connectivity index (χ2v) is 9.24. The number of hydrogen-bond acceptors (Lipinski definition) is 1. The van der Waals surface area contributed by atoms with E-state index in [-0.39, 0.29) is 9.74 Å². The van der Waals surface area contributed by atoms with E-state index in [1.807, 2.05) is 18.2 Å². The Morgan fingerprint density at radius 3 is 2.43 bits per heavy atom. The topological polar surface area (TPSA) is 29.1 Å². The largest absolute Gasteiger partial charge is 0.352 e. The highest BCUT2D eigenvalue weighted by Crippen LogP contribution is 2.64. The van der Waals surface area contributed by atoms with Crippen LogP contribution in [-0.4, -0.2) is 10.2 Å². The van der Waals surface area contributed by atoms with Gasteiger partial charge in [0, 0.05) is 10.9 Å². The lowest BCUT2D eigenvalue weighted by Gasteiger charge is -2.59. The lowest BCUT2D eigenvalue weighted by atomic mass is 9.49. The fraction of sp³-hybridized carbons (Fsp3) is 0.611. The number of carbonyl (C=O) groups excluding carboxylic acids is 1. The van der Waals surface area contributed by atoms with Crippen molar-refractivity contribution in [2.24, 2.45) is 17.3 Å². The van der Waals surface area contributed by atoms with Gasteiger partial charge in [0.2, 0.25) is 5.91 Å². The van der Waals surface area contributed by atoms with E-state index in [0.29, 0.717) is 12.5 Å². The molecule has 0 spiro atoms. The molecule has 0 radical (unpaired) electrons. The third-order valence-electron chi connectivity index (χ3n) is 5.77. The van der Waals surface area contributed by atoms with Crippen LogP contribution >= 0.6 is 15.9 Å². The predicted octanol–water partition coefficient (Wildman–Crippen LogP) is 4.04. The highest BCUT2D eigenvalue weighted by atomic mass is 79.9. The first kappa shape index (κ1) is 13.8. The molecule has 2 nitrogen and oxygen atoms in total. The number of benzene rings is 1. The monoisotopic (exact) mass is 347 g/mol. The molecule has 0 heterocycles. The molecule has 4 fully saturated rings. The van der Waals surface area contributed by atoms with Crippen molar-refractivity contribution in [2.45, 2.75) is 49.4 Å². The van der Waals surface area contributed by atoms with Gasteiger partial charge < -0.3 is 5.32 Å². The number of alkyl halides is 1. The van der Waals surface area contributed by atoms with Crippen LogP contribution in [0.1, 0.15) is 44.1 Å². The average molecular weight is 348 g/mol. The molecule has 3 heteroatoms. The van der Waals surface area contributed by atoms with Crippen molar-refractivity contribution in [3.8, 4) is 0 Å². The summed E-state index contributed by atoms with van der Waals surface area (Å²) in [5.74, 6) is 1.81. The Balaban J connectivity index is 1.49. The van der Waals surface area contributed by atoms with Crippen molar-refractivity contribution < 1.29 is 4.79 Å². The van der Waals surface area contributed by atoms with Crippen LogP contribution in [0.15, 0.2) is 30.3 Å². The van der Waals surface area contributed by atoms with Crippen molar-refractivity contribution in [1.29, 1.82) is 0 Å². The minimum atomic E-state index is -0.0949. The number of amides is 1. The van der Waals surface area contributed by atoms with E-state index < -0.39 is 0 Å². The van der Waals surface area contributed by atoms with Crippen LogP contribution in [0, 0.1) is 17.3 Å². The fourth-order valence-electron chi connectivity index (χ4n) is 5.38. The second-order valence-electron chi connectivity index (χ2n) is 7.56. The number of rotatable bonds is 3. The molecule has 4 saturated carbocycles. The smallest absolute Gasteiger partial charge is 0.226 e. The summed E-state index contributed by atoms with van der Waals surface area (Å²) >= 11 is 3.98. The summed E-state index contributed by atoms with van der Waals surface area (Å²) < 4.78 is 0.251. The zero-order valence-corrected chi connectivity index (χ0v) is 13.9. The molecule has 1 N–H and O–H groups in total. The van der Waals surface area contributed by atoms with Crippen molar-refractivity contribution in [2.75, 3.05) is 0 Å². The van der Waals surface area contributed by atoms with Crippen LogP contribution in [0.25, 0.3) is 0 Å². The van der Waals surface area contributed by atoms with Crippen LogP contribution in [0.3, 0.4) is 0 Å². The Morgan fingerprint density at radius 2 is 1.81 bits per heavy atom. The third-order valence-corrected chi connectivity index (χ3v) is 6.70. The van der Waals surface area contributed by atoms with E-state index in [0.717, 1.165) is 31.1 Å². The molecule has 1 aromatic carbocycles. The summed E-state index contributed by atoms with van der Waals surface area (Å²) in [7, 11) is 0. The summed E-state index contributed by atoms with van der Waals surface area (Å²) in [4.78, 5) is 12.9. The molecule has 5 rings (SSSR count). The zero-order chi connectivity index (χ0) is 14.5. The molecule has 4 bridgehead atoms. The van der Waals surface area contributed by atoms with Crippen molar-refractivity contribution in [3.63, 3.8) is 0 Å². The van der Waals surface area contributed by atoms with Crippen molar-refractivity contribution in [1.82, 2.24) is 5.32 Å². The van der Waals surface area contributed by atoms with E-state index in [4.69, 9.17) is 0 Å². The SMILES string of the molecule is O=C(NCc1ccccc1)C12C[C@@H]3C[C@@H](CC(Br)(C3)C1)C2. The van der Waals surface area contributed by atoms with E-state index in [2.05, 4.69) is 33.4 Å². The molecule has 0 saturated heterocycles. The highest BCUT2D eigenvalue weighted by Gasteiger charge is 2.59. The maximum atomic E-state index is 12.9. The van der Waals surface area contributed by atoms with Gasteiger partial charge >= 0.3 is 0 Å². The molecule has 1 aromatic rings. The van der Waals surface area contributed by atoms with Gasteiger partial charge in [-0.25, -0.2) is 0 Å². The van der Waals surface area contributed by atoms with Crippen LogP contribution in [0.2, 0.25) is 0 Å². The maximum Gasteiger partial charge on any atom is 0.226 e. The minimum Gasteiger partial charge on any atom is -0.352 e. The van der Waals surface area contributed by atoms with Crippen molar-refractivity contribution >= 4 is 21.8 Å². The molecule has 4 aliphatic rings. The highest BCUT2D eigenvalue weighted by molar-refractivity contribution is 9.10. The van der Waals surface area contributed by atoms with E-state index in [1.165, 1.54) is 24.8 Å². The van der Waals surface area contributed by atoms with Gasteiger partial charge in [-0.1, -0.05) is 46.3 Å². The van der Waals surface area contributed by atoms with Crippen molar-refractivity contribution in [3.05, 3.63) is 35.9 Å². The number of halogens is 1. The molecule has 0 aromatic heterocycles. The van der Waals surface area contributed by atoms with Crippen LogP contribution < -0.4 is 5.32 Å². The lowest BCUT2D eigenvalue weighted by Crippen LogP contribution is -2.58. The Labute approximate surface area is 134 Å². The normalized spacial score (nSPS) is 40.2. The van der Waals surface area contributed by atoms with Gasteiger partial charge in [0.1, 0.15) is 0 Å². The van der Waals surface area contributed by atoms with Gasteiger partial charge in [-0.3, -0.25) is 4.79 Å². The quantitative estimate of drug-likeness (QED) is 0.821. The molecule has 112 valence electrons. The molecule has 0 aliphatic heterocycles. The third kappa shape index (κ3) is 2.44. The Morgan fingerprint density at radius 1 is 1.14 bits per heavy atom. The number of hydrogen-bond donors (Lipinski definition) is 1. The van der Waals surface area contributed by atoms with Crippen LogP contribution in [-0.2, 0) is 11.3 Å². The molecule has 4 atom stereocenters. The summed E-state index contributed by atoms with van der Waals surface area (Å²) in [6.45, 7) is 0.659. The fourth-order valence-corrected chi connectivity index (χ4v) is 6.83. The predicted molar refractivity (Wildman–Crippen MR) is 87.1 cm³/mol. The van der Waals surface area contributed by atoms with E-state index in [9.17, 15) is 4.79 Å². The molecular formula is C18H22BrNO. The van der Waals surface area contributed by atoms with Gasteiger partial charge in [-0.2, -0.15) is 0 Å². The molecular weight excluding hydrogens is 326 g/mol. The summed E-state index contributed by atoms with van der Waals surface area (Å²) in [6.07, 6.45) is 7.15. The first-order valence-corrected chi connectivity index (χ1v) is 8.87. The molecule has 4 aliphatic carbocycles. The van der Waals surface area contributed by atoms with Crippen LogP contribution in [0.4, 0.5) is 0 Å². The number of nitrogens with one attached hydrogen (secondary N) is 1. The van der Waals surface area contributed by atoms with Gasteiger partial charge in [0.05, 0.1) is 5.41 Å². The van der Waals surface area contributed by atoms with E-state index in [1.54, 1.807) is 0 Å². The maximum absolute atomic E-state index is 12.9. The first-order valence-electron chi connectivity index (χ1n) is 8.08. The summed E-state index contributed by atoms with van der Waals surface area (Å²) in [6, 6.07) is 10.2. The van der Waals surface area contributed by atoms with Gasteiger partial charge in [-0.15, -0.1) is 0 Å². The Bertz CT molecular complexity index is 542. The number of carbonyl (C=O) groups is 1. The van der Waals surface area contributed by atoms with Gasteiger partial charge in [0.25, 0.3) is 0 Å². The van der Waals surface area contributed by atoms with E-state index >= 15 is 0 Å². The molecule has 1 amide bonds. The average Bonchev–Trinajstić information content (AvgIpc) is 2.43. The first-order chi connectivity index (χ1) is 10.1. The summed E-state index contributed by atoms with van der Waals surface area (Å²) in [5.41, 5.74) is 1.09. The zero-order valence-electron chi connectivity index (χ0n) is 12.3. The Hall–Kier alpha value is -0.830. The second kappa shape index (κ2) is 4.84. The minimum absolute atomic E-state index is 0.0949. The van der Waals surface area contributed by atoms with Gasteiger partial charge in [0.15, 0.2) is 0 Å². The molecule has 21 heavy (non-hydrogen) atoms. The summed E-state index contributed by atoms with van der Waals surface area (Å²) in [5, 5.41) is 3.21. The van der Waals surface area contributed by atoms with Crippen LogP contribution in [0.5, 0.6) is 0 Å². The Kier molecular flexibility index (Phi) is 3.18. The molecule has 2 unspecified atom stereocenters.